The van der Waals surface area contributed by atoms with Crippen LogP contribution in [0.15, 0.2) is 0 Å². The zero-order chi connectivity index (χ0) is 15.2. The second kappa shape index (κ2) is 7.47. The third kappa shape index (κ3) is 4.37. The van der Waals surface area contributed by atoms with Crippen LogP contribution in [0.1, 0.15) is 46.0 Å². The summed E-state index contributed by atoms with van der Waals surface area (Å²) in [5, 5.41) is 12.0. The Morgan fingerprint density at radius 1 is 1.40 bits per heavy atom. The maximum absolute atomic E-state index is 12.4. The standard InChI is InChI=1S/C14H26N2O4/c1-4-16(11(2)10-20-3)13(19)15-14(9-12(17)18)7-5-6-8-14/h11H,4-10H2,1-3H3,(H,15,19)(H,17,18). The Bertz CT molecular complexity index is 340. The zero-order valence-electron chi connectivity index (χ0n) is 12.6. The Balaban J connectivity index is 2.71. The van der Waals surface area contributed by atoms with Gasteiger partial charge in [-0.2, -0.15) is 0 Å². The highest BCUT2D eigenvalue weighted by atomic mass is 16.5. The lowest BCUT2D eigenvalue weighted by atomic mass is 9.93. The predicted molar refractivity (Wildman–Crippen MR) is 75.7 cm³/mol. The molecule has 0 radical (unpaired) electrons. The number of hydrogen-bond acceptors (Lipinski definition) is 3. The smallest absolute Gasteiger partial charge is 0.318 e. The third-order valence-electron chi connectivity index (χ3n) is 3.96. The number of carboxylic acids is 1. The summed E-state index contributed by atoms with van der Waals surface area (Å²) in [5.74, 6) is -0.861. The summed E-state index contributed by atoms with van der Waals surface area (Å²) < 4.78 is 5.08. The van der Waals surface area contributed by atoms with Gasteiger partial charge >= 0.3 is 12.0 Å². The number of amides is 2. The molecule has 1 aliphatic rings. The molecule has 6 heteroatoms. The summed E-state index contributed by atoms with van der Waals surface area (Å²) in [4.78, 5) is 25.1. The molecule has 0 aliphatic heterocycles. The van der Waals surface area contributed by atoms with Crippen molar-refractivity contribution in [3.8, 4) is 0 Å². The molecule has 0 heterocycles. The Morgan fingerprint density at radius 3 is 2.45 bits per heavy atom. The van der Waals surface area contributed by atoms with Crippen LogP contribution in [-0.4, -0.2) is 53.8 Å². The molecule has 1 unspecified atom stereocenters. The van der Waals surface area contributed by atoms with Gasteiger partial charge in [-0.3, -0.25) is 4.79 Å². The molecule has 1 rings (SSSR count). The number of nitrogens with one attached hydrogen (secondary N) is 1. The van der Waals surface area contributed by atoms with Gasteiger partial charge in [-0.15, -0.1) is 0 Å². The minimum Gasteiger partial charge on any atom is -0.481 e. The van der Waals surface area contributed by atoms with Gasteiger partial charge in [0.15, 0.2) is 0 Å². The molecular weight excluding hydrogens is 260 g/mol. The van der Waals surface area contributed by atoms with Crippen molar-refractivity contribution in [1.82, 2.24) is 10.2 Å². The monoisotopic (exact) mass is 286 g/mol. The normalized spacial score (nSPS) is 18.6. The van der Waals surface area contributed by atoms with E-state index in [-0.39, 0.29) is 18.5 Å². The minimum absolute atomic E-state index is 0.00501. The van der Waals surface area contributed by atoms with Gasteiger partial charge in [-0.1, -0.05) is 12.8 Å². The second-order valence-electron chi connectivity index (χ2n) is 5.58. The van der Waals surface area contributed by atoms with E-state index in [0.29, 0.717) is 13.2 Å². The zero-order valence-corrected chi connectivity index (χ0v) is 12.6. The van der Waals surface area contributed by atoms with Crippen LogP contribution in [0, 0.1) is 0 Å². The average molecular weight is 286 g/mol. The molecule has 20 heavy (non-hydrogen) atoms. The number of carbonyl (C=O) groups excluding carboxylic acids is 1. The first-order chi connectivity index (χ1) is 9.44. The Morgan fingerprint density at radius 2 is 2.00 bits per heavy atom. The summed E-state index contributed by atoms with van der Waals surface area (Å²) in [5.41, 5.74) is -0.580. The molecular formula is C14H26N2O4. The number of ether oxygens (including phenoxy) is 1. The van der Waals surface area contributed by atoms with Crippen LogP contribution in [0.2, 0.25) is 0 Å². The average Bonchev–Trinajstić information content (AvgIpc) is 2.77. The van der Waals surface area contributed by atoms with Crippen LogP contribution >= 0.6 is 0 Å². The SMILES string of the molecule is CCN(C(=O)NC1(CC(=O)O)CCCC1)C(C)COC. The Kier molecular flexibility index (Phi) is 6.26. The van der Waals surface area contributed by atoms with E-state index in [9.17, 15) is 9.59 Å². The molecule has 2 N–H and O–H groups in total. The van der Waals surface area contributed by atoms with Crippen molar-refractivity contribution < 1.29 is 19.4 Å². The van der Waals surface area contributed by atoms with E-state index in [0.717, 1.165) is 25.7 Å². The summed E-state index contributed by atoms with van der Waals surface area (Å²) in [7, 11) is 1.60. The molecule has 0 saturated heterocycles. The van der Waals surface area contributed by atoms with Gasteiger partial charge in [-0.25, -0.2) is 4.79 Å². The van der Waals surface area contributed by atoms with Crippen molar-refractivity contribution in [3.63, 3.8) is 0 Å². The van der Waals surface area contributed by atoms with E-state index in [2.05, 4.69) is 5.32 Å². The van der Waals surface area contributed by atoms with Gasteiger partial charge in [0.05, 0.1) is 24.6 Å². The van der Waals surface area contributed by atoms with Crippen molar-refractivity contribution in [1.29, 1.82) is 0 Å². The number of urea groups is 1. The van der Waals surface area contributed by atoms with Crippen molar-refractivity contribution in [2.45, 2.75) is 57.5 Å². The lowest BCUT2D eigenvalue weighted by molar-refractivity contribution is -0.138. The summed E-state index contributed by atoms with van der Waals surface area (Å²) in [6, 6.07) is -0.228. The quantitative estimate of drug-likeness (QED) is 0.748. The van der Waals surface area contributed by atoms with Gasteiger partial charge in [0.1, 0.15) is 0 Å². The molecule has 1 aliphatic carbocycles. The van der Waals surface area contributed by atoms with E-state index in [1.807, 2.05) is 13.8 Å². The maximum atomic E-state index is 12.4. The lowest BCUT2D eigenvalue weighted by Crippen LogP contribution is -2.55. The van der Waals surface area contributed by atoms with Crippen LogP contribution in [-0.2, 0) is 9.53 Å². The van der Waals surface area contributed by atoms with Gasteiger partial charge in [-0.05, 0) is 26.7 Å². The fourth-order valence-electron chi connectivity index (χ4n) is 2.97. The summed E-state index contributed by atoms with van der Waals surface area (Å²) in [6.45, 7) is 4.86. The van der Waals surface area contributed by atoms with E-state index in [1.54, 1.807) is 12.0 Å². The molecule has 0 aromatic rings. The topological polar surface area (TPSA) is 78.9 Å². The molecule has 0 aromatic carbocycles. The number of likely N-dealkylation sites (N-methyl/N-ethyl adjacent to an activating group) is 1. The first-order valence-corrected chi connectivity index (χ1v) is 7.23. The molecule has 1 atom stereocenters. The highest BCUT2D eigenvalue weighted by Crippen LogP contribution is 2.32. The molecule has 1 saturated carbocycles. The molecule has 6 nitrogen and oxygen atoms in total. The number of hydrogen-bond donors (Lipinski definition) is 2. The van der Waals surface area contributed by atoms with Gasteiger partial charge < -0.3 is 20.1 Å². The van der Waals surface area contributed by atoms with Crippen molar-refractivity contribution in [2.24, 2.45) is 0 Å². The van der Waals surface area contributed by atoms with Crippen molar-refractivity contribution in [3.05, 3.63) is 0 Å². The molecule has 1 fully saturated rings. The van der Waals surface area contributed by atoms with Gasteiger partial charge in [0, 0.05) is 13.7 Å². The Labute approximate surface area is 120 Å². The van der Waals surface area contributed by atoms with Crippen LogP contribution in [0.4, 0.5) is 4.79 Å². The number of aliphatic carboxylic acids is 1. The highest BCUT2D eigenvalue weighted by Gasteiger charge is 2.38. The highest BCUT2D eigenvalue weighted by molar-refractivity contribution is 5.77. The minimum atomic E-state index is -0.861. The van der Waals surface area contributed by atoms with Crippen LogP contribution in [0.3, 0.4) is 0 Å². The van der Waals surface area contributed by atoms with Gasteiger partial charge in [0.2, 0.25) is 0 Å². The molecule has 0 bridgehead atoms. The van der Waals surface area contributed by atoms with E-state index >= 15 is 0 Å². The number of rotatable bonds is 7. The molecule has 2 amide bonds. The lowest BCUT2D eigenvalue weighted by Gasteiger charge is -2.34. The summed E-state index contributed by atoms with van der Waals surface area (Å²) in [6.07, 6.45) is 3.40. The van der Waals surface area contributed by atoms with Crippen LogP contribution in [0.5, 0.6) is 0 Å². The van der Waals surface area contributed by atoms with E-state index in [1.165, 1.54) is 0 Å². The first-order valence-electron chi connectivity index (χ1n) is 7.23. The fourth-order valence-corrected chi connectivity index (χ4v) is 2.97. The van der Waals surface area contributed by atoms with Crippen LogP contribution in [0.25, 0.3) is 0 Å². The number of carboxylic acid groups (broad SMARTS) is 1. The van der Waals surface area contributed by atoms with E-state index < -0.39 is 11.5 Å². The molecule has 116 valence electrons. The predicted octanol–water partition coefficient (Wildman–Crippen LogP) is 1.84. The van der Waals surface area contributed by atoms with Gasteiger partial charge in [0.25, 0.3) is 0 Å². The molecule has 0 aromatic heterocycles. The van der Waals surface area contributed by atoms with Crippen molar-refractivity contribution >= 4 is 12.0 Å². The number of nitrogens with zero attached hydrogens (tertiary/aromatic N) is 1. The Hall–Kier alpha value is -1.30. The largest absolute Gasteiger partial charge is 0.481 e. The van der Waals surface area contributed by atoms with Crippen molar-refractivity contribution in [2.75, 3.05) is 20.3 Å². The molecule has 0 spiro atoms. The fraction of sp³-hybridized carbons (Fsp3) is 0.857. The number of carbonyl (C=O) groups is 2. The first kappa shape index (κ1) is 16.8. The third-order valence-corrected chi connectivity index (χ3v) is 3.96. The maximum Gasteiger partial charge on any atom is 0.318 e. The number of methoxy groups -OCH3 is 1. The van der Waals surface area contributed by atoms with E-state index in [4.69, 9.17) is 9.84 Å². The summed E-state index contributed by atoms with van der Waals surface area (Å²) >= 11 is 0. The van der Waals surface area contributed by atoms with Crippen LogP contribution < -0.4 is 5.32 Å². The second-order valence-corrected chi connectivity index (χ2v) is 5.58.